The van der Waals surface area contributed by atoms with Gasteiger partial charge in [0.15, 0.2) is 11.5 Å². The number of aromatic carboxylic acids is 1. The maximum absolute atomic E-state index is 14.8. The first-order valence-corrected chi connectivity index (χ1v) is 14.7. The Balaban J connectivity index is 1.07. The molecule has 3 aliphatic heterocycles. The van der Waals surface area contributed by atoms with E-state index in [0.29, 0.717) is 34.5 Å². The number of benzene rings is 2. The van der Waals surface area contributed by atoms with Crippen LogP contribution in [0, 0.1) is 5.82 Å². The van der Waals surface area contributed by atoms with Gasteiger partial charge in [0.1, 0.15) is 21.3 Å². The van der Waals surface area contributed by atoms with Gasteiger partial charge in [-0.05, 0) is 42.8 Å². The summed E-state index contributed by atoms with van der Waals surface area (Å²) in [5.41, 5.74) is 2.05. The normalized spacial score (nSPS) is 22.3. The Labute approximate surface area is 244 Å². The Morgan fingerprint density at radius 3 is 2.71 bits per heavy atom. The highest BCUT2D eigenvalue weighted by molar-refractivity contribution is 7.20. The second-order valence-corrected chi connectivity index (χ2v) is 12.1. The SMILES string of the molecule is C[C@@]1(c2ccc(Cl)cc2F)Oc2cccc(N3CCN(Cc4nc5sc(C(=O)O)cc5n4C[C@@H]4CCO4)CC3)c2O1. The molecule has 0 saturated carbocycles. The third kappa shape index (κ3) is 4.80. The number of nitrogens with zero attached hydrogens (tertiary/aromatic N) is 4. The van der Waals surface area contributed by atoms with Crippen LogP contribution in [0.5, 0.6) is 11.5 Å². The monoisotopic (exact) mass is 598 g/mol. The molecule has 0 aliphatic carbocycles. The van der Waals surface area contributed by atoms with Crippen LogP contribution in [-0.4, -0.2) is 64.4 Å². The number of piperazine rings is 1. The number of fused-ring (bicyclic) bond motifs is 2. The van der Waals surface area contributed by atoms with Gasteiger partial charge in [0.05, 0.1) is 36.0 Å². The Bertz CT molecular complexity index is 1650. The zero-order valence-electron chi connectivity index (χ0n) is 22.3. The van der Waals surface area contributed by atoms with Gasteiger partial charge >= 0.3 is 5.97 Å². The molecule has 2 saturated heterocycles. The third-order valence-corrected chi connectivity index (χ3v) is 9.22. The first-order chi connectivity index (χ1) is 19.8. The molecule has 5 heterocycles. The lowest BCUT2D eigenvalue weighted by Gasteiger charge is -2.36. The Kier molecular flexibility index (Phi) is 6.57. The molecule has 41 heavy (non-hydrogen) atoms. The van der Waals surface area contributed by atoms with Crippen LogP contribution in [-0.2, 0) is 23.6 Å². The summed E-state index contributed by atoms with van der Waals surface area (Å²) in [7, 11) is 0. The minimum Gasteiger partial charge on any atom is -0.477 e. The number of imidazole rings is 1. The zero-order chi connectivity index (χ0) is 28.3. The van der Waals surface area contributed by atoms with Gasteiger partial charge in [0.2, 0.25) is 0 Å². The van der Waals surface area contributed by atoms with Gasteiger partial charge in [0, 0.05) is 44.7 Å². The molecule has 214 valence electrons. The second kappa shape index (κ2) is 10.2. The number of carboxylic acids is 1. The van der Waals surface area contributed by atoms with E-state index in [4.69, 9.17) is 30.8 Å². The summed E-state index contributed by atoms with van der Waals surface area (Å²) in [6.07, 6.45) is 1.12. The maximum Gasteiger partial charge on any atom is 0.346 e. The molecule has 0 radical (unpaired) electrons. The summed E-state index contributed by atoms with van der Waals surface area (Å²) >= 11 is 7.16. The van der Waals surface area contributed by atoms with Crippen LogP contribution in [0.4, 0.5) is 10.1 Å². The zero-order valence-corrected chi connectivity index (χ0v) is 23.9. The average Bonchev–Trinajstić information content (AvgIpc) is 3.57. The number of anilines is 1. The van der Waals surface area contributed by atoms with Gasteiger partial charge in [-0.2, -0.15) is 0 Å². The highest BCUT2D eigenvalue weighted by Crippen LogP contribution is 2.50. The number of carboxylic acid groups (broad SMARTS) is 1. The molecule has 9 nitrogen and oxygen atoms in total. The van der Waals surface area contributed by atoms with Crippen molar-refractivity contribution in [2.24, 2.45) is 0 Å². The minimum atomic E-state index is -1.30. The van der Waals surface area contributed by atoms with E-state index < -0.39 is 17.6 Å². The van der Waals surface area contributed by atoms with Gasteiger partial charge in [-0.25, -0.2) is 14.2 Å². The fourth-order valence-electron chi connectivity index (χ4n) is 5.70. The predicted molar refractivity (Wildman–Crippen MR) is 153 cm³/mol. The van der Waals surface area contributed by atoms with Crippen molar-refractivity contribution < 1.29 is 28.5 Å². The predicted octanol–water partition coefficient (Wildman–Crippen LogP) is 5.34. The highest BCUT2D eigenvalue weighted by atomic mass is 35.5. The van der Waals surface area contributed by atoms with E-state index in [1.54, 1.807) is 25.1 Å². The number of aromatic nitrogens is 2. The summed E-state index contributed by atoms with van der Waals surface area (Å²) in [6, 6.07) is 12.0. The molecule has 0 bridgehead atoms. The Morgan fingerprint density at radius 2 is 2.00 bits per heavy atom. The first-order valence-electron chi connectivity index (χ1n) is 13.5. The molecule has 0 amide bonds. The largest absolute Gasteiger partial charge is 0.477 e. The van der Waals surface area contributed by atoms with Crippen LogP contribution >= 0.6 is 22.9 Å². The van der Waals surface area contributed by atoms with E-state index in [0.717, 1.165) is 61.1 Å². The third-order valence-electron chi connectivity index (χ3n) is 7.97. The number of carbonyl (C=O) groups is 1. The molecule has 2 fully saturated rings. The highest BCUT2D eigenvalue weighted by Gasteiger charge is 2.43. The number of halogens is 2. The van der Waals surface area contributed by atoms with Gasteiger partial charge < -0.3 is 28.8 Å². The summed E-state index contributed by atoms with van der Waals surface area (Å²) < 4.78 is 35.0. The molecule has 0 unspecified atom stereocenters. The average molecular weight is 599 g/mol. The number of hydrogen-bond acceptors (Lipinski definition) is 8. The standard InChI is InChI=1S/C29H28ClFN4O5S/c1-29(19-6-5-17(30)13-20(19)31)39-23-4-2-3-21(26(23)40-29)34-10-8-33(9-11-34)16-25-32-27-22(14-24(41-27)28(36)37)35(25)15-18-7-12-38-18/h2-6,13-14,18H,7-12,15-16H2,1H3,(H,36,37)/t18-,29+/m0/s1. The van der Waals surface area contributed by atoms with Crippen molar-refractivity contribution in [2.45, 2.75) is 38.3 Å². The molecular weight excluding hydrogens is 571 g/mol. The lowest BCUT2D eigenvalue weighted by Crippen LogP contribution is -2.46. The maximum atomic E-state index is 14.8. The van der Waals surface area contributed by atoms with Gasteiger partial charge in [-0.15, -0.1) is 11.3 Å². The van der Waals surface area contributed by atoms with Crippen molar-refractivity contribution in [3.8, 4) is 11.5 Å². The smallest absolute Gasteiger partial charge is 0.346 e. The quantitative estimate of drug-likeness (QED) is 0.305. The van der Waals surface area contributed by atoms with Crippen LogP contribution in [0.2, 0.25) is 5.02 Å². The molecule has 12 heteroatoms. The number of thiophene rings is 1. The van der Waals surface area contributed by atoms with E-state index in [9.17, 15) is 14.3 Å². The molecule has 0 spiro atoms. The lowest BCUT2D eigenvalue weighted by atomic mass is 10.1. The number of rotatable bonds is 7. The molecular formula is C29H28ClFN4O5S. The van der Waals surface area contributed by atoms with Crippen molar-refractivity contribution in [1.82, 2.24) is 14.5 Å². The summed E-state index contributed by atoms with van der Waals surface area (Å²) in [6.45, 7) is 6.92. The molecule has 7 rings (SSSR count). The molecule has 3 aliphatic rings. The second-order valence-electron chi connectivity index (χ2n) is 10.7. The fourth-order valence-corrected chi connectivity index (χ4v) is 6.75. The van der Waals surface area contributed by atoms with Gasteiger partial charge in [0.25, 0.3) is 5.79 Å². The van der Waals surface area contributed by atoms with Crippen molar-refractivity contribution in [3.63, 3.8) is 0 Å². The summed E-state index contributed by atoms with van der Waals surface area (Å²) in [5, 5.41) is 9.76. The van der Waals surface area contributed by atoms with Crippen molar-refractivity contribution in [3.05, 3.63) is 69.6 Å². The van der Waals surface area contributed by atoms with E-state index >= 15 is 0 Å². The number of hydrogen-bond donors (Lipinski definition) is 1. The van der Waals surface area contributed by atoms with Crippen molar-refractivity contribution >= 4 is 44.9 Å². The van der Waals surface area contributed by atoms with Gasteiger partial charge in [-0.1, -0.05) is 17.7 Å². The van der Waals surface area contributed by atoms with Crippen LogP contribution in [0.1, 0.15) is 34.4 Å². The minimum absolute atomic E-state index is 0.130. The summed E-state index contributed by atoms with van der Waals surface area (Å²) in [4.78, 5) is 22.0. The Morgan fingerprint density at radius 1 is 1.20 bits per heavy atom. The van der Waals surface area contributed by atoms with Crippen molar-refractivity contribution in [1.29, 1.82) is 0 Å². The van der Waals surface area contributed by atoms with Crippen LogP contribution in [0.25, 0.3) is 10.3 Å². The van der Waals surface area contributed by atoms with Crippen LogP contribution in [0.3, 0.4) is 0 Å². The van der Waals surface area contributed by atoms with Gasteiger partial charge in [-0.3, -0.25) is 4.90 Å². The van der Waals surface area contributed by atoms with E-state index in [1.807, 2.05) is 18.2 Å². The molecule has 4 aromatic rings. The van der Waals surface area contributed by atoms with E-state index in [-0.39, 0.29) is 11.7 Å². The molecule has 2 aromatic heterocycles. The van der Waals surface area contributed by atoms with Crippen LogP contribution in [0.15, 0.2) is 42.5 Å². The number of ether oxygens (including phenoxy) is 3. The fraction of sp³-hybridized carbons (Fsp3) is 0.379. The number of para-hydroxylation sites is 1. The first kappa shape index (κ1) is 26.5. The van der Waals surface area contributed by atoms with Crippen molar-refractivity contribution in [2.75, 3.05) is 37.7 Å². The van der Waals surface area contributed by atoms with E-state index in [2.05, 4.69) is 14.4 Å². The lowest BCUT2D eigenvalue weighted by molar-refractivity contribution is -0.0705. The molecule has 2 atom stereocenters. The summed E-state index contributed by atoms with van der Waals surface area (Å²) in [5.74, 6) is -0.623. The molecule has 2 aromatic carbocycles. The van der Waals surface area contributed by atoms with E-state index in [1.165, 1.54) is 17.4 Å². The Hall–Kier alpha value is -3.38. The van der Waals surface area contributed by atoms with Crippen LogP contribution < -0.4 is 14.4 Å². The topological polar surface area (TPSA) is 89.3 Å². The molecule has 1 N–H and O–H groups in total.